The van der Waals surface area contributed by atoms with Crippen LogP contribution in [-0.2, 0) is 14.3 Å². The number of nitrogens with zero attached hydrogens (tertiary/aromatic N) is 1. The molecule has 2 amide bonds. The summed E-state index contributed by atoms with van der Waals surface area (Å²) in [5.74, 6) is -1.53. The molecular weight excluding hydrogens is 382 g/mol. The van der Waals surface area contributed by atoms with Crippen molar-refractivity contribution in [2.45, 2.75) is 20.0 Å². The van der Waals surface area contributed by atoms with Gasteiger partial charge in [0.1, 0.15) is 5.69 Å². The highest BCUT2D eigenvalue weighted by Crippen LogP contribution is 2.23. The molecule has 1 unspecified atom stereocenters. The van der Waals surface area contributed by atoms with Crippen molar-refractivity contribution in [3.05, 3.63) is 64.2 Å². The van der Waals surface area contributed by atoms with Gasteiger partial charge in [-0.2, -0.15) is 0 Å². The van der Waals surface area contributed by atoms with Gasteiger partial charge in [0, 0.05) is 11.8 Å². The van der Waals surface area contributed by atoms with E-state index in [0.717, 1.165) is 0 Å². The molecule has 1 atom stereocenters. The number of nitro groups is 1. The van der Waals surface area contributed by atoms with Gasteiger partial charge in [-0.25, -0.2) is 9.59 Å². The molecule has 2 rings (SSSR count). The monoisotopic (exact) mass is 401 g/mol. The van der Waals surface area contributed by atoms with E-state index in [2.05, 4.69) is 10.6 Å². The number of nitrogens with one attached hydrogen (secondary N) is 2. The third-order valence-corrected chi connectivity index (χ3v) is 3.63. The molecule has 0 saturated heterocycles. The maximum absolute atomic E-state index is 12.3. The number of benzene rings is 2. The van der Waals surface area contributed by atoms with Crippen molar-refractivity contribution in [1.82, 2.24) is 0 Å². The minimum atomic E-state index is -1.22. The van der Waals surface area contributed by atoms with Gasteiger partial charge in [-0.1, -0.05) is 18.2 Å². The van der Waals surface area contributed by atoms with Crippen LogP contribution in [0, 0.1) is 10.1 Å². The lowest BCUT2D eigenvalue weighted by Crippen LogP contribution is -2.30. The van der Waals surface area contributed by atoms with E-state index in [1.54, 1.807) is 13.0 Å². The topological polar surface area (TPSA) is 137 Å². The van der Waals surface area contributed by atoms with Crippen LogP contribution in [0.25, 0.3) is 0 Å². The first-order valence-corrected chi connectivity index (χ1v) is 8.61. The number of para-hydroxylation sites is 2. The maximum Gasteiger partial charge on any atom is 0.411 e. The summed E-state index contributed by atoms with van der Waals surface area (Å²) in [6, 6.07) is 11.5. The van der Waals surface area contributed by atoms with Gasteiger partial charge in [-0.15, -0.1) is 0 Å². The molecule has 0 fully saturated rings. The Kier molecular flexibility index (Phi) is 7.24. The van der Waals surface area contributed by atoms with Crippen LogP contribution in [0.2, 0.25) is 0 Å². The Morgan fingerprint density at radius 1 is 1.10 bits per heavy atom. The lowest BCUT2D eigenvalue weighted by molar-refractivity contribution is -0.383. The third kappa shape index (κ3) is 6.03. The summed E-state index contributed by atoms with van der Waals surface area (Å²) >= 11 is 0. The fourth-order valence-corrected chi connectivity index (χ4v) is 2.26. The Morgan fingerprint density at radius 2 is 1.83 bits per heavy atom. The number of amides is 2. The lowest BCUT2D eigenvalue weighted by atomic mass is 10.2. The van der Waals surface area contributed by atoms with Gasteiger partial charge in [-0.3, -0.25) is 20.2 Å². The summed E-state index contributed by atoms with van der Waals surface area (Å²) in [6.07, 6.45) is -1.89. The number of anilines is 2. The lowest BCUT2D eigenvalue weighted by Gasteiger charge is -2.14. The highest BCUT2D eigenvalue weighted by Gasteiger charge is 2.22. The van der Waals surface area contributed by atoms with Crippen LogP contribution in [0.15, 0.2) is 48.5 Å². The number of esters is 1. The van der Waals surface area contributed by atoms with Crippen LogP contribution in [0.4, 0.5) is 21.9 Å². The molecule has 2 aromatic carbocycles. The number of ether oxygens (including phenoxy) is 2. The summed E-state index contributed by atoms with van der Waals surface area (Å²) in [4.78, 5) is 46.4. The van der Waals surface area contributed by atoms with Crippen molar-refractivity contribution >= 4 is 35.0 Å². The summed E-state index contributed by atoms with van der Waals surface area (Å²) < 4.78 is 9.87. The second-order valence-corrected chi connectivity index (χ2v) is 5.74. The molecule has 0 radical (unpaired) electrons. The van der Waals surface area contributed by atoms with E-state index >= 15 is 0 Å². The number of hydrogen-bond acceptors (Lipinski definition) is 7. The van der Waals surface area contributed by atoms with E-state index in [1.165, 1.54) is 49.4 Å². The van der Waals surface area contributed by atoms with Crippen molar-refractivity contribution in [3.63, 3.8) is 0 Å². The van der Waals surface area contributed by atoms with Crippen LogP contribution in [0.5, 0.6) is 0 Å². The second-order valence-electron chi connectivity index (χ2n) is 5.74. The fourth-order valence-electron chi connectivity index (χ4n) is 2.26. The number of rotatable bonds is 7. The quantitative estimate of drug-likeness (QED) is 0.412. The Bertz CT molecular complexity index is 930. The van der Waals surface area contributed by atoms with Crippen LogP contribution >= 0.6 is 0 Å². The van der Waals surface area contributed by atoms with Gasteiger partial charge in [0.05, 0.1) is 17.1 Å². The largest absolute Gasteiger partial charge is 0.450 e. The maximum atomic E-state index is 12.3. The molecule has 152 valence electrons. The van der Waals surface area contributed by atoms with E-state index in [4.69, 9.17) is 9.47 Å². The zero-order chi connectivity index (χ0) is 21.4. The van der Waals surface area contributed by atoms with E-state index in [0.29, 0.717) is 5.69 Å². The van der Waals surface area contributed by atoms with Gasteiger partial charge in [-0.05, 0) is 38.1 Å². The average molecular weight is 401 g/mol. The number of hydrogen-bond donors (Lipinski definition) is 2. The second kappa shape index (κ2) is 9.83. The molecular formula is C19H19N3O7. The van der Waals surface area contributed by atoms with Gasteiger partial charge < -0.3 is 14.8 Å². The first kappa shape index (κ1) is 21.4. The summed E-state index contributed by atoms with van der Waals surface area (Å²) in [6.45, 7) is 3.19. The molecule has 10 heteroatoms. The van der Waals surface area contributed by atoms with E-state index in [9.17, 15) is 24.5 Å². The molecule has 29 heavy (non-hydrogen) atoms. The van der Waals surface area contributed by atoms with Crippen molar-refractivity contribution in [2.24, 2.45) is 0 Å². The molecule has 2 aromatic rings. The van der Waals surface area contributed by atoms with Crippen LogP contribution in [-0.4, -0.2) is 35.6 Å². The van der Waals surface area contributed by atoms with Crippen LogP contribution < -0.4 is 10.6 Å². The predicted octanol–water partition coefficient (Wildman–Crippen LogP) is 3.35. The van der Waals surface area contributed by atoms with Gasteiger partial charge in [0.2, 0.25) is 0 Å². The Labute approximate surface area is 166 Å². The van der Waals surface area contributed by atoms with Gasteiger partial charge in [0.25, 0.3) is 11.6 Å². The molecule has 0 bridgehead atoms. The van der Waals surface area contributed by atoms with Crippen molar-refractivity contribution in [3.8, 4) is 0 Å². The Hall–Kier alpha value is -3.95. The van der Waals surface area contributed by atoms with Gasteiger partial charge >= 0.3 is 12.1 Å². The molecule has 0 aliphatic heterocycles. The minimum absolute atomic E-state index is 0.00830. The predicted molar refractivity (Wildman–Crippen MR) is 104 cm³/mol. The number of carbonyl (C=O) groups is 3. The average Bonchev–Trinajstić information content (AvgIpc) is 2.68. The van der Waals surface area contributed by atoms with Crippen molar-refractivity contribution in [1.29, 1.82) is 0 Å². The number of nitro benzene ring substituents is 1. The van der Waals surface area contributed by atoms with Crippen LogP contribution in [0.1, 0.15) is 24.2 Å². The Morgan fingerprint density at radius 3 is 2.52 bits per heavy atom. The summed E-state index contributed by atoms with van der Waals surface area (Å²) in [5.41, 5.74) is 0.128. The molecule has 0 heterocycles. The van der Waals surface area contributed by atoms with Crippen molar-refractivity contribution in [2.75, 3.05) is 17.2 Å². The van der Waals surface area contributed by atoms with E-state index in [-0.39, 0.29) is 23.5 Å². The smallest absolute Gasteiger partial charge is 0.411 e. The van der Waals surface area contributed by atoms with Gasteiger partial charge in [0.15, 0.2) is 6.10 Å². The minimum Gasteiger partial charge on any atom is -0.450 e. The molecule has 0 saturated carbocycles. The van der Waals surface area contributed by atoms with E-state index in [1.807, 2.05) is 0 Å². The highest BCUT2D eigenvalue weighted by molar-refractivity contribution is 5.99. The molecule has 2 N–H and O–H groups in total. The highest BCUT2D eigenvalue weighted by atomic mass is 16.6. The SMILES string of the molecule is CCOC(=O)Nc1cccc(C(=O)OC(C)C(=O)Nc2ccccc2[N+](=O)[O-])c1. The fraction of sp³-hybridized carbons (Fsp3) is 0.211. The molecule has 10 nitrogen and oxygen atoms in total. The van der Waals surface area contributed by atoms with Crippen molar-refractivity contribution < 1.29 is 28.8 Å². The number of carbonyl (C=O) groups excluding carboxylic acids is 3. The standard InChI is InChI=1S/C19H19N3O7/c1-3-28-19(25)20-14-8-6-7-13(11-14)18(24)29-12(2)17(23)21-15-9-4-5-10-16(15)22(26)27/h4-12H,3H2,1-2H3,(H,20,25)(H,21,23). The summed E-state index contributed by atoms with van der Waals surface area (Å²) in [5, 5.41) is 15.8. The first-order valence-electron chi connectivity index (χ1n) is 8.61. The van der Waals surface area contributed by atoms with E-state index < -0.39 is 29.0 Å². The Balaban J connectivity index is 2.02. The normalized spacial score (nSPS) is 11.1. The molecule has 0 aromatic heterocycles. The first-order chi connectivity index (χ1) is 13.8. The zero-order valence-corrected chi connectivity index (χ0v) is 15.7. The molecule has 0 spiro atoms. The van der Waals surface area contributed by atoms with Crippen LogP contribution in [0.3, 0.4) is 0 Å². The molecule has 0 aliphatic rings. The summed E-state index contributed by atoms with van der Waals surface area (Å²) in [7, 11) is 0. The zero-order valence-electron chi connectivity index (χ0n) is 15.7. The molecule has 0 aliphatic carbocycles. The third-order valence-electron chi connectivity index (χ3n) is 3.63.